The lowest BCUT2D eigenvalue weighted by Crippen LogP contribution is -2.34. The summed E-state index contributed by atoms with van der Waals surface area (Å²) in [4.78, 5) is 16.3. The van der Waals surface area contributed by atoms with Crippen molar-refractivity contribution in [2.24, 2.45) is 5.92 Å². The lowest BCUT2D eigenvalue weighted by Gasteiger charge is -2.31. The number of aliphatic hydroxyl groups is 1. The van der Waals surface area contributed by atoms with Gasteiger partial charge in [-0.15, -0.1) is 0 Å². The molecular formula is C18H17ClN4O2. The second-order valence-electron chi connectivity index (χ2n) is 5.85. The molecule has 0 amide bonds. The summed E-state index contributed by atoms with van der Waals surface area (Å²) in [5, 5.41) is 11.6. The van der Waals surface area contributed by atoms with E-state index >= 15 is 0 Å². The molecule has 128 valence electrons. The van der Waals surface area contributed by atoms with Crippen LogP contribution in [0, 0.1) is 5.92 Å². The first kappa shape index (κ1) is 17.3. The van der Waals surface area contributed by atoms with Crippen LogP contribution in [0.3, 0.4) is 0 Å². The molecule has 0 fully saturated rings. The van der Waals surface area contributed by atoms with Crippen LogP contribution in [0.2, 0.25) is 5.15 Å². The third kappa shape index (κ3) is 3.60. The molecule has 0 saturated carbocycles. The van der Waals surface area contributed by atoms with Gasteiger partial charge in [0.15, 0.2) is 0 Å². The van der Waals surface area contributed by atoms with Crippen molar-refractivity contribution in [2.45, 2.75) is 19.4 Å². The van der Waals surface area contributed by atoms with E-state index in [1.807, 2.05) is 13.8 Å². The first-order chi connectivity index (χ1) is 12.0. The van der Waals surface area contributed by atoms with Gasteiger partial charge in [-0.3, -0.25) is 4.98 Å². The van der Waals surface area contributed by atoms with Crippen molar-refractivity contribution in [3.05, 3.63) is 71.8 Å². The number of pyridine rings is 2. The summed E-state index contributed by atoms with van der Waals surface area (Å²) >= 11 is 5.76. The quantitative estimate of drug-likeness (QED) is 0.703. The highest BCUT2D eigenvalue weighted by Crippen LogP contribution is 2.35. The normalized spacial score (nSPS) is 13.5. The molecule has 0 aliphatic carbocycles. The van der Waals surface area contributed by atoms with Crippen LogP contribution in [0.15, 0.2) is 55.4 Å². The number of hydrogen-bond donors (Lipinski definition) is 1. The SMILES string of the molecule is CC(C)C(O)(c1cncnc1)c1ccc(Oc2ccc(Cl)nc2)cn1. The average molecular weight is 357 g/mol. The first-order valence-corrected chi connectivity index (χ1v) is 8.11. The van der Waals surface area contributed by atoms with Crippen molar-refractivity contribution in [3.8, 4) is 11.5 Å². The summed E-state index contributed by atoms with van der Waals surface area (Å²) in [5.41, 5.74) is -0.200. The summed E-state index contributed by atoms with van der Waals surface area (Å²) in [6, 6.07) is 6.83. The topological polar surface area (TPSA) is 81.0 Å². The van der Waals surface area contributed by atoms with Crippen LogP contribution in [0.25, 0.3) is 0 Å². The number of halogens is 1. The molecule has 25 heavy (non-hydrogen) atoms. The predicted octanol–water partition coefficient (Wildman–Crippen LogP) is 3.60. The van der Waals surface area contributed by atoms with Gasteiger partial charge in [0.05, 0.1) is 18.1 Å². The summed E-state index contributed by atoms with van der Waals surface area (Å²) in [7, 11) is 0. The highest BCUT2D eigenvalue weighted by atomic mass is 35.5. The van der Waals surface area contributed by atoms with Crippen LogP contribution in [0.1, 0.15) is 25.1 Å². The van der Waals surface area contributed by atoms with E-state index in [4.69, 9.17) is 16.3 Å². The van der Waals surface area contributed by atoms with E-state index in [1.165, 1.54) is 12.5 Å². The number of hydrogen-bond acceptors (Lipinski definition) is 6. The van der Waals surface area contributed by atoms with Gasteiger partial charge in [0, 0.05) is 18.0 Å². The molecule has 0 saturated heterocycles. The Labute approximate surface area is 150 Å². The van der Waals surface area contributed by atoms with E-state index in [-0.39, 0.29) is 5.92 Å². The maximum absolute atomic E-state index is 11.2. The molecule has 0 aliphatic heterocycles. The molecule has 0 aromatic carbocycles. The summed E-state index contributed by atoms with van der Waals surface area (Å²) < 4.78 is 5.68. The molecule has 0 spiro atoms. The maximum Gasteiger partial charge on any atom is 0.145 e. The average Bonchev–Trinajstić information content (AvgIpc) is 2.64. The lowest BCUT2D eigenvalue weighted by molar-refractivity contribution is 0.0268. The third-order valence-corrected chi connectivity index (χ3v) is 4.12. The van der Waals surface area contributed by atoms with E-state index in [0.717, 1.165) is 0 Å². The molecule has 0 radical (unpaired) electrons. The molecule has 0 bridgehead atoms. The van der Waals surface area contributed by atoms with Crippen molar-refractivity contribution >= 4 is 11.6 Å². The minimum atomic E-state index is -1.29. The van der Waals surface area contributed by atoms with Crippen LogP contribution in [-0.4, -0.2) is 25.0 Å². The van der Waals surface area contributed by atoms with E-state index in [9.17, 15) is 5.11 Å². The lowest BCUT2D eigenvalue weighted by atomic mass is 9.81. The Kier molecular flexibility index (Phi) is 4.92. The zero-order valence-corrected chi connectivity index (χ0v) is 14.6. The van der Waals surface area contributed by atoms with Crippen molar-refractivity contribution in [1.82, 2.24) is 19.9 Å². The molecule has 1 atom stereocenters. The van der Waals surface area contributed by atoms with Gasteiger partial charge in [0.1, 0.15) is 28.6 Å². The molecule has 3 aromatic rings. The fourth-order valence-corrected chi connectivity index (χ4v) is 2.61. The molecule has 1 N–H and O–H groups in total. The predicted molar refractivity (Wildman–Crippen MR) is 93.4 cm³/mol. The first-order valence-electron chi connectivity index (χ1n) is 7.74. The minimum Gasteiger partial charge on any atom is -0.454 e. The zero-order chi connectivity index (χ0) is 17.9. The molecule has 3 aromatic heterocycles. The zero-order valence-electron chi connectivity index (χ0n) is 13.8. The van der Waals surface area contributed by atoms with Gasteiger partial charge in [-0.2, -0.15) is 0 Å². The van der Waals surface area contributed by atoms with Crippen molar-refractivity contribution < 1.29 is 9.84 Å². The van der Waals surface area contributed by atoms with Crippen LogP contribution < -0.4 is 4.74 Å². The number of rotatable bonds is 5. The van der Waals surface area contributed by atoms with Gasteiger partial charge in [0.25, 0.3) is 0 Å². The second kappa shape index (κ2) is 7.13. The molecule has 0 aliphatic rings. The number of aromatic nitrogens is 4. The van der Waals surface area contributed by atoms with Gasteiger partial charge >= 0.3 is 0 Å². The molecule has 7 heteroatoms. The fraction of sp³-hybridized carbons (Fsp3) is 0.222. The van der Waals surface area contributed by atoms with Crippen LogP contribution in [0.4, 0.5) is 0 Å². The largest absolute Gasteiger partial charge is 0.454 e. The van der Waals surface area contributed by atoms with Crippen molar-refractivity contribution in [2.75, 3.05) is 0 Å². The monoisotopic (exact) mass is 356 g/mol. The summed E-state index contributed by atoms with van der Waals surface area (Å²) in [6.45, 7) is 3.83. The van der Waals surface area contributed by atoms with Gasteiger partial charge in [0.2, 0.25) is 0 Å². The van der Waals surface area contributed by atoms with E-state index in [2.05, 4.69) is 19.9 Å². The standard InChI is InChI=1S/C18H17ClN4O2/c1-12(2)18(24,13-7-20-11-21-8-13)16-5-3-14(9-22-16)25-15-4-6-17(19)23-10-15/h3-12,24H,1-2H3. The fourth-order valence-electron chi connectivity index (χ4n) is 2.50. The smallest absolute Gasteiger partial charge is 0.145 e. The molecule has 6 nitrogen and oxygen atoms in total. The maximum atomic E-state index is 11.2. The Morgan fingerprint density at radius 3 is 2.12 bits per heavy atom. The minimum absolute atomic E-state index is 0.127. The Hall–Kier alpha value is -2.57. The van der Waals surface area contributed by atoms with E-state index in [1.54, 1.807) is 42.9 Å². The Balaban J connectivity index is 1.88. The van der Waals surface area contributed by atoms with Gasteiger partial charge in [-0.1, -0.05) is 25.4 Å². The number of ether oxygens (including phenoxy) is 1. The van der Waals surface area contributed by atoms with Gasteiger partial charge in [-0.25, -0.2) is 15.0 Å². The molecule has 3 rings (SSSR count). The third-order valence-electron chi connectivity index (χ3n) is 3.90. The van der Waals surface area contributed by atoms with Crippen molar-refractivity contribution in [3.63, 3.8) is 0 Å². The van der Waals surface area contributed by atoms with Crippen molar-refractivity contribution in [1.29, 1.82) is 0 Å². The Morgan fingerprint density at radius 2 is 1.60 bits per heavy atom. The number of nitrogens with zero attached hydrogens (tertiary/aromatic N) is 4. The molecule has 3 heterocycles. The molecular weight excluding hydrogens is 340 g/mol. The highest BCUT2D eigenvalue weighted by molar-refractivity contribution is 6.29. The van der Waals surface area contributed by atoms with E-state index < -0.39 is 5.60 Å². The Bertz CT molecular complexity index is 826. The van der Waals surface area contributed by atoms with E-state index in [0.29, 0.717) is 27.9 Å². The summed E-state index contributed by atoms with van der Waals surface area (Å²) in [5.74, 6) is 0.955. The Morgan fingerprint density at radius 1 is 0.960 bits per heavy atom. The van der Waals surface area contributed by atoms with Crippen LogP contribution in [0.5, 0.6) is 11.5 Å². The van der Waals surface area contributed by atoms with Gasteiger partial charge in [-0.05, 0) is 30.2 Å². The summed E-state index contributed by atoms with van der Waals surface area (Å²) in [6.07, 6.45) is 7.70. The van der Waals surface area contributed by atoms with Crippen LogP contribution in [-0.2, 0) is 5.60 Å². The van der Waals surface area contributed by atoms with Crippen LogP contribution >= 0.6 is 11.6 Å². The van der Waals surface area contributed by atoms with Gasteiger partial charge < -0.3 is 9.84 Å². The highest BCUT2D eigenvalue weighted by Gasteiger charge is 2.37. The molecule has 1 unspecified atom stereocenters. The second-order valence-corrected chi connectivity index (χ2v) is 6.23.